The molecule has 0 aliphatic carbocycles. The number of carbonyl (C=O) groups is 1. The van der Waals surface area contributed by atoms with Crippen LogP contribution in [0.4, 0.5) is 4.39 Å². The molecule has 0 bridgehead atoms. The molecule has 0 aromatic heterocycles. The SMILES string of the molecule is CC(C)Cc1ccc(C(=O)N2CCC3(CCc4ccccc4O3)CC2)c(F)c1. The van der Waals surface area contributed by atoms with Crippen molar-refractivity contribution in [1.29, 1.82) is 0 Å². The minimum absolute atomic E-state index is 0.179. The molecule has 2 aliphatic heterocycles. The number of para-hydroxylation sites is 1. The third-order valence-corrected chi connectivity index (χ3v) is 6.02. The van der Waals surface area contributed by atoms with E-state index in [9.17, 15) is 9.18 Å². The van der Waals surface area contributed by atoms with Crippen LogP contribution in [0.25, 0.3) is 0 Å². The van der Waals surface area contributed by atoms with Gasteiger partial charge in [0.1, 0.15) is 17.2 Å². The molecular weight excluding hydrogens is 353 g/mol. The third kappa shape index (κ3) is 3.78. The maximum absolute atomic E-state index is 14.5. The number of ether oxygens (including phenoxy) is 1. The molecule has 1 spiro atoms. The number of hydrogen-bond donors (Lipinski definition) is 0. The monoisotopic (exact) mass is 381 g/mol. The standard InChI is InChI=1S/C24H28FNO2/c1-17(2)15-18-7-8-20(21(25)16-18)23(27)26-13-11-24(12-14-26)10-9-19-5-3-4-6-22(19)28-24/h3-8,16-17H,9-15H2,1-2H3. The number of carbonyl (C=O) groups excluding carboxylic acids is 1. The molecule has 2 heterocycles. The highest BCUT2D eigenvalue weighted by molar-refractivity contribution is 5.94. The van der Waals surface area contributed by atoms with Gasteiger partial charge < -0.3 is 9.64 Å². The molecule has 3 nitrogen and oxygen atoms in total. The van der Waals surface area contributed by atoms with Crippen LogP contribution in [0.2, 0.25) is 0 Å². The van der Waals surface area contributed by atoms with Crippen LogP contribution in [0.1, 0.15) is 54.6 Å². The summed E-state index contributed by atoms with van der Waals surface area (Å²) in [7, 11) is 0. The van der Waals surface area contributed by atoms with Crippen molar-refractivity contribution in [3.8, 4) is 5.75 Å². The van der Waals surface area contributed by atoms with Gasteiger partial charge in [-0.2, -0.15) is 0 Å². The summed E-state index contributed by atoms with van der Waals surface area (Å²) in [6.45, 7) is 5.42. The van der Waals surface area contributed by atoms with Gasteiger partial charge in [0, 0.05) is 25.9 Å². The predicted molar refractivity (Wildman–Crippen MR) is 108 cm³/mol. The summed E-state index contributed by atoms with van der Waals surface area (Å²) >= 11 is 0. The number of nitrogens with zero attached hydrogens (tertiary/aromatic N) is 1. The molecule has 0 unspecified atom stereocenters. The summed E-state index contributed by atoms with van der Waals surface area (Å²) in [6, 6.07) is 13.2. The zero-order valence-corrected chi connectivity index (χ0v) is 16.7. The Labute approximate surface area is 166 Å². The zero-order chi connectivity index (χ0) is 19.7. The maximum Gasteiger partial charge on any atom is 0.256 e. The molecule has 1 amide bonds. The Hall–Kier alpha value is -2.36. The topological polar surface area (TPSA) is 29.5 Å². The van der Waals surface area contributed by atoms with Crippen molar-refractivity contribution in [2.45, 2.75) is 51.6 Å². The van der Waals surface area contributed by atoms with Crippen LogP contribution in [0.5, 0.6) is 5.75 Å². The molecule has 0 atom stereocenters. The largest absolute Gasteiger partial charge is 0.487 e. The number of aryl methyl sites for hydroxylation is 1. The van der Waals surface area contributed by atoms with Crippen LogP contribution in [-0.4, -0.2) is 29.5 Å². The highest BCUT2D eigenvalue weighted by Gasteiger charge is 2.40. The van der Waals surface area contributed by atoms with Gasteiger partial charge in [0.15, 0.2) is 0 Å². The lowest BCUT2D eigenvalue weighted by molar-refractivity contribution is -0.0107. The number of hydrogen-bond acceptors (Lipinski definition) is 2. The number of likely N-dealkylation sites (tertiary alicyclic amines) is 1. The lowest BCUT2D eigenvalue weighted by Gasteiger charge is -2.44. The first-order valence-electron chi connectivity index (χ1n) is 10.3. The fraction of sp³-hybridized carbons (Fsp3) is 0.458. The fourth-order valence-electron chi connectivity index (χ4n) is 4.43. The molecule has 148 valence electrons. The molecule has 1 fully saturated rings. The lowest BCUT2D eigenvalue weighted by atomic mass is 9.83. The van der Waals surface area contributed by atoms with E-state index < -0.39 is 5.82 Å². The van der Waals surface area contributed by atoms with Gasteiger partial charge in [-0.25, -0.2) is 4.39 Å². The second kappa shape index (κ2) is 7.57. The molecule has 2 aliphatic rings. The minimum Gasteiger partial charge on any atom is -0.487 e. The average Bonchev–Trinajstić information content (AvgIpc) is 2.68. The van der Waals surface area contributed by atoms with Crippen LogP contribution in [0.15, 0.2) is 42.5 Å². The Bertz CT molecular complexity index is 869. The summed E-state index contributed by atoms with van der Waals surface area (Å²) < 4.78 is 20.9. The van der Waals surface area contributed by atoms with E-state index >= 15 is 0 Å². The quantitative estimate of drug-likeness (QED) is 0.747. The predicted octanol–water partition coefficient (Wildman–Crippen LogP) is 5.02. The van der Waals surface area contributed by atoms with Gasteiger partial charge in [0.25, 0.3) is 5.91 Å². The number of amides is 1. The van der Waals surface area contributed by atoms with Crippen LogP contribution >= 0.6 is 0 Å². The Morgan fingerprint density at radius 2 is 1.89 bits per heavy atom. The Kier molecular flexibility index (Phi) is 5.13. The van der Waals surface area contributed by atoms with Gasteiger partial charge >= 0.3 is 0 Å². The molecular formula is C24H28FNO2. The third-order valence-electron chi connectivity index (χ3n) is 6.02. The van der Waals surface area contributed by atoms with Gasteiger partial charge in [-0.05, 0) is 54.5 Å². The van der Waals surface area contributed by atoms with Crippen LogP contribution in [0.3, 0.4) is 0 Å². The summed E-state index contributed by atoms with van der Waals surface area (Å²) in [6.07, 6.45) is 4.39. The maximum atomic E-state index is 14.5. The van der Waals surface area contributed by atoms with Crippen molar-refractivity contribution in [3.05, 3.63) is 65.0 Å². The van der Waals surface area contributed by atoms with E-state index in [4.69, 9.17) is 4.74 Å². The molecule has 2 aromatic carbocycles. The van der Waals surface area contributed by atoms with E-state index in [1.165, 1.54) is 11.6 Å². The number of fused-ring (bicyclic) bond motifs is 1. The van der Waals surface area contributed by atoms with Gasteiger partial charge in [0.2, 0.25) is 0 Å². The number of halogens is 1. The van der Waals surface area contributed by atoms with Gasteiger partial charge in [-0.15, -0.1) is 0 Å². The van der Waals surface area contributed by atoms with Gasteiger partial charge in [0.05, 0.1) is 5.56 Å². The molecule has 0 saturated carbocycles. The second-order valence-electron chi connectivity index (χ2n) is 8.60. The summed E-state index contributed by atoms with van der Waals surface area (Å²) in [5, 5.41) is 0. The van der Waals surface area contributed by atoms with Crippen molar-refractivity contribution in [1.82, 2.24) is 4.90 Å². The van der Waals surface area contributed by atoms with Crippen molar-refractivity contribution in [2.24, 2.45) is 5.92 Å². The highest BCUT2D eigenvalue weighted by Crippen LogP contribution is 2.39. The summed E-state index contributed by atoms with van der Waals surface area (Å²) in [5.74, 6) is 0.811. The van der Waals surface area contributed by atoms with Crippen molar-refractivity contribution in [3.63, 3.8) is 0 Å². The van der Waals surface area contributed by atoms with Crippen molar-refractivity contribution >= 4 is 5.91 Å². The first-order valence-corrected chi connectivity index (χ1v) is 10.3. The first kappa shape index (κ1) is 19.0. The van der Waals surface area contributed by atoms with Crippen LogP contribution in [0, 0.1) is 11.7 Å². The van der Waals surface area contributed by atoms with Crippen molar-refractivity contribution < 1.29 is 13.9 Å². The number of benzene rings is 2. The van der Waals surface area contributed by atoms with E-state index in [-0.39, 0.29) is 17.1 Å². The first-order chi connectivity index (χ1) is 13.5. The Morgan fingerprint density at radius 3 is 2.61 bits per heavy atom. The normalized spacial score (nSPS) is 18.1. The van der Waals surface area contributed by atoms with Crippen LogP contribution in [-0.2, 0) is 12.8 Å². The average molecular weight is 381 g/mol. The minimum atomic E-state index is -0.411. The number of rotatable bonds is 3. The van der Waals surface area contributed by atoms with E-state index in [2.05, 4.69) is 19.9 Å². The molecule has 0 radical (unpaired) electrons. The Morgan fingerprint density at radius 1 is 1.14 bits per heavy atom. The molecule has 2 aromatic rings. The summed E-state index contributed by atoms with van der Waals surface area (Å²) in [4.78, 5) is 14.6. The van der Waals surface area contributed by atoms with E-state index in [0.717, 1.165) is 43.4 Å². The van der Waals surface area contributed by atoms with Gasteiger partial charge in [-0.1, -0.05) is 38.1 Å². The molecule has 1 saturated heterocycles. The highest BCUT2D eigenvalue weighted by atomic mass is 19.1. The second-order valence-corrected chi connectivity index (χ2v) is 8.60. The van der Waals surface area contributed by atoms with E-state index in [1.807, 2.05) is 24.3 Å². The zero-order valence-electron chi connectivity index (χ0n) is 16.7. The van der Waals surface area contributed by atoms with E-state index in [0.29, 0.717) is 19.0 Å². The molecule has 0 N–H and O–H groups in total. The van der Waals surface area contributed by atoms with Gasteiger partial charge in [-0.3, -0.25) is 4.79 Å². The lowest BCUT2D eigenvalue weighted by Crippen LogP contribution is -2.51. The molecule has 4 heteroatoms. The van der Waals surface area contributed by atoms with Crippen LogP contribution < -0.4 is 4.74 Å². The molecule has 28 heavy (non-hydrogen) atoms. The smallest absolute Gasteiger partial charge is 0.256 e. The summed E-state index contributed by atoms with van der Waals surface area (Å²) in [5.41, 5.74) is 2.19. The molecule has 4 rings (SSSR count). The number of piperidine rings is 1. The Balaban J connectivity index is 1.42. The van der Waals surface area contributed by atoms with Crippen molar-refractivity contribution in [2.75, 3.05) is 13.1 Å². The van der Waals surface area contributed by atoms with E-state index in [1.54, 1.807) is 11.0 Å². The fourth-order valence-corrected chi connectivity index (χ4v) is 4.43.